The Morgan fingerprint density at radius 3 is 2.63 bits per heavy atom. The molecule has 0 saturated heterocycles. The van der Waals surface area contributed by atoms with E-state index >= 15 is 0 Å². The van der Waals surface area contributed by atoms with Crippen molar-refractivity contribution < 1.29 is 0 Å². The number of nitrogens with zero attached hydrogens (tertiary/aromatic N) is 4. The van der Waals surface area contributed by atoms with Crippen molar-refractivity contribution in [2.24, 2.45) is 5.84 Å². The molecule has 1 heterocycles. The first kappa shape index (κ1) is 16.1. The van der Waals surface area contributed by atoms with Crippen LogP contribution >= 0.6 is 0 Å². The fourth-order valence-corrected chi connectivity index (χ4v) is 2.36. The standard InChI is InChI=1S/C13H28N6/c1-6-8-19-12(15-10-16-19)9-11(17-14)13(3,7-2)18(4)5/h10-11,17H,6-9,14H2,1-5H3. The molecule has 0 amide bonds. The zero-order valence-corrected chi connectivity index (χ0v) is 12.8. The van der Waals surface area contributed by atoms with E-state index < -0.39 is 0 Å². The average Bonchev–Trinajstić information content (AvgIpc) is 2.82. The van der Waals surface area contributed by atoms with Crippen LogP contribution in [0.5, 0.6) is 0 Å². The normalized spacial score (nSPS) is 16.6. The zero-order chi connectivity index (χ0) is 14.5. The molecule has 0 fully saturated rings. The molecule has 19 heavy (non-hydrogen) atoms. The summed E-state index contributed by atoms with van der Waals surface area (Å²) in [5.74, 6) is 6.77. The lowest BCUT2D eigenvalue weighted by molar-refractivity contribution is 0.111. The topological polar surface area (TPSA) is 72.0 Å². The SMILES string of the molecule is CCCn1ncnc1CC(NN)C(C)(CC)N(C)C. The van der Waals surface area contributed by atoms with Crippen molar-refractivity contribution in [3.63, 3.8) is 0 Å². The Morgan fingerprint density at radius 1 is 1.47 bits per heavy atom. The van der Waals surface area contributed by atoms with Crippen LogP contribution in [0.25, 0.3) is 0 Å². The van der Waals surface area contributed by atoms with Gasteiger partial charge in [-0.3, -0.25) is 16.0 Å². The molecular weight excluding hydrogens is 240 g/mol. The molecule has 0 aliphatic carbocycles. The Labute approximate surface area is 116 Å². The summed E-state index contributed by atoms with van der Waals surface area (Å²) in [5, 5.41) is 4.27. The molecule has 0 saturated carbocycles. The molecule has 110 valence electrons. The maximum Gasteiger partial charge on any atom is 0.138 e. The minimum absolute atomic E-state index is 0.0161. The number of hydrazine groups is 1. The van der Waals surface area contributed by atoms with Crippen molar-refractivity contribution in [3.8, 4) is 0 Å². The summed E-state index contributed by atoms with van der Waals surface area (Å²) in [7, 11) is 4.18. The fourth-order valence-electron chi connectivity index (χ4n) is 2.36. The number of rotatable bonds is 8. The van der Waals surface area contributed by atoms with E-state index in [1.54, 1.807) is 6.33 Å². The van der Waals surface area contributed by atoms with Crippen LogP contribution in [0.15, 0.2) is 6.33 Å². The van der Waals surface area contributed by atoms with Crippen LogP contribution in [-0.2, 0) is 13.0 Å². The van der Waals surface area contributed by atoms with Crippen molar-refractivity contribution >= 4 is 0 Å². The summed E-state index contributed by atoms with van der Waals surface area (Å²) in [6.45, 7) is 7.44. The van der Waals surface area contributed by atoms with Gasteiger partial charge in [-0.05, 0) is 33.9 Å². The predicted octanol–water partition coefficient (Wildman–Crippen LogP) is 0.793. The van der Waals surface area contributed by atoms with Gasteiger partial charge in [-0.15, -0.1) is 0 Å². The first-order valence-electron chi connectivity index (χ1n) is 6.99. The molecule has 2 unspecified atom stereocenters. The van der Waals surface area contributed by atoms with Crippen molar-refractivity contribution in [1.29, 1.82) is 0 Å². The van der Waals surface area contributed by atoms with Gasteiger partial charge in [0, 0.05) is 24.5 Å². The van der Waals surface area contributed by atoms with Crippen LogP contribution in [0.3, 0.4) is 0 Å². The highest BCUT2D eigenvalue weighted by Gasteiger charge is 2.35. The number of nitrogens with one attached hydrogen (secondary N) is 1. The van der Waals surface area contributed by atoms with Crippen LogP contribution in [0.1, 0.15) is 39.4 Å². The van der Waals surface area contributed by atoms with Gasteiger partial charge in [0.25, 0.3) is 0 Å². The summed E-state index contributed by atoms with van der Waals surface area (Å²) in [6, 6.07) is 0.132. The molecule has 3 N–H and O–H groups in total. The van der Waals surface area contributed by atoms with Gasteiger partial charge in [-0.1, -0.05) is 13.8 Å². The van der Waals surface area contributed by atoms with E-state index in [0.29, 0.717) is 0 Å². The third-order valence-corrected chi connectivity index (χ3v) is 4.21. The molecule has 0 bridgehead atoms. The lowest BCUT2D eigenvalue weighted by Gasteiger charge is -2.42. The van der Waals surface area contributed by atoms with E-state index in [4.69, 9.17) is 5.84 Å². The average molecular weight is 268 g/mol. The zero-order valence-electron chi connectivity index (χ0n) is 12.8. The lowest BCUT2D eigenvalue weighted by Crippen LogP contribution is -2.59. The molecule has 6 heteroatoms. The van der Waals surface area contributed by atoms with Gasteiger partial charge in [-0.2, -0.15) is 5.10 Å². The predicted molar refractivity (Wildman–Crippen MR) is 77.5 cm³/mol. The molecule has 6 nitrogen and oxygen atoms in total. The summed E-state index contributed by atoms with van der Waals surface area (Å²) in [4.78, 5) is 6.59. The molecule has 0 radical (unpaired) electrons. The molecular formula is C13H28N6. The van der Waals surface area contributed by atoms with Gasteiger partial charge in [0.2, 0.25) is 0 Å². The number of aromatic nitrogens is 3. The smallest absolute Gasteiger partial charge is 0.138 e. The van der Waals surface area contributed by atoms with Crippen molar-refractivity contribution in [2.45, 2.75) is 58.2 Å². The van der Waals surface area contributed by atoms with E-state index in [-0.39, 0.29) is 11.6 Å². The van der Waals surface area contributed by atoms with Crippen LogP contribution in [0.2, 0.25) is 0 Å². The van der Waals surface area contributed by atoms with Crippen LogP contribution in [-0.4, -0.2) is 45.3 Å². The Bertz CT molecular complexity index is 375. The van der Waals surface area contributed by atoms with E-state index in [2.05, 4.69) is 55.3 Å². The van der Waals surface area contributed by atoms with Crippen molar-refractivity contribution in [2.75, 3.05) is 14.1 Å². The fraction of sp³-hybridized carbons (Fsp3) is 0.846. The Hall–Kier alpha value is -0.980. The Kier molecular flexibility index (Phi) is 5.90. The summed E-state index contributed by atoms with van der Waals surface area (Å²) in [5.41, 5.74) is 2.94. The number of nitrogens with two attached hydrogens (primary N) is 1. The molecule has 0 aliphatic rings. The monoisotopic (exact) mass is 268 g/mol. The third kappa shape index (κ3) is 3.52. The largest absolute Gasteiger partial charge is 0.302 e. The summed E-state index contributed by atoms with van der Waals surface area (Å²) >= 11 is 0. The van der Waals surface area contributed by atoms with Crippen LogP contribution in [0, 0.1) is 0 Å². The first-order valence-corrected chi connectivity index (χ1v) is 6.99. The van der Waals surface area contributed by atoms with Gasteiger partial charge in [0.05, 0.1) is 0 Å². The second-order valence-corrected chi connectivity index (χ2v) is 5.43. The molecule has 2 atom stereocenters. The molecule has 0 aromatic carbocycles. The minimum atomic E-state index is -0.0161. The highest BCUT2D eigenvalue weighted by Crippen LogP contribution is 2.23. The second-order valence-electron chi connectivity index (χ2n) is 5.43. The van der Waals surface area contributed by atoms with E-state index in [9.17, 15) is 0 Å². The number of hydrogen-bond acceptors (Lipinski definition) is 5. The quantitative estimate of drug-likeness (QED) is 0.539. The molecule has 1 aromatic rings. The first-order chi connectivity index (χ1) is 8.99. The van der Waals surface area contributed by atoms with Crippen LogP contribution < -0.4 is 11.3 Å². The van der Waals surface area contributed by atoms with E-state index in [1.807, 2.05) is 4.68 Å². The minimum Gasteiger partial charge on any atom is -0.302 e. The highest BCUT2D eigenvalue weighted by molar-refractivity contribution is 5.00. The van der Waals surface area contributed by atoms with Gasteiger partial charge in [0.15, 0.2) is 0 Å². The number of likely N-dealkylation sites (N-methyl/N-ethyl adjacent to an activating group) is 1. The van der Waals surface area contributed by atoms with Crippen molar-refractivity contribution in [1.82, 2.24) is 25.1 Å². The van der Waals surface area contributed by atoms with Gasteiger partial charge < -0.3 is 4.90 Å². The maximum atomic E-state index is 5.78. The van der Waals surface area contributed by atoms with Gasteiger partial charge in [0.1, 0.15) is 12.2 Å². The molecule has 0 spiro atoms. The van der Waals surface area contributed by atoms with Gasteiger partial charge >= 0.3 is 0 Å². The lowest BCUT2D eigenvalue weighted by atomic mass is 9.86. The number of aryl methyl sites for hydroxylation is 1. The molecule has 1 rings (SSSR count). The second kappa shape index (κ2) is 6.98. The van der Waals surface area contributed by atoms with E-state index in [1.165, 1.54) is 0 Å². The third-order valence-electron chi connectivity index (χ3n) is 4.21. The molecule has 0 aliphatic heterocycles. The number of hydrogen-bond donors (Lipinski definition) is 2. The van der Waals surface area contributed by atoms with Gasteiger partial charge in [-0.25, -0.2) is 4.98 Å². The Balaban J connectivity index is 2.89. The summed E-state index contributed by atoms with van der Waals surface area (Å²) < 4.78 is 1.97. The molecule has 1 aromatic heterocycles. The van der Waals surface area contributed by atoms with Crippen molar-refractivity contribution in [3.05, 3.63) is 12.2 Å². The van der Waals surface area contributed by atoms with Crippen LogP contribution in [0.4, 0.5) is 0 Å². The van der Waals surface area contributed by atoms with E-state index in [0.717, 1.165) is 31.6 Å². The summed E-state index contributed by atoms with van der Waals surface area (Å²) in [6.07, 6.45) is 4.46. The maximum absolute atomic E-state index is 5.78. The highest BCUT2D eigenvalue weighted by atomic mass is 15.3. The Morgan fingerprint density at radius 2 is 2.16 bits per heavy atom.